The number of carbonyl (C=O) groups is 2. The van der Waals surface area contributed by atoms with Gasteiger partial charge in [-0.05, 0) is 29.3 Å². The van der Waals surface area contributed by atoms with E-state index in [1.54, 1.807) is 30.3 Å². The van der Waals surface area contributed by atoms with Gasteiger partial charge in [-0.25, -0.2) is 9.59 Å². The molecule has 6 nitrogen and oxygen atoms in total. The Morgan fingerprint density at radius 2 is 1.35 bits per heavy atom. The molecule has 2 aromatic rings. The molecule has 0 fully saturated rings. The van der Waals surface area contributed by atoms with Crippen LogP contribution in [0.4, 0.5) is 5.69 Å². The maximum absolute atomic E-state index is 12.0. The van der Waals surface area contributed by atoms with Gasteiger partial charge in [-0.1, -0.05) is 30.3 Å². The zero-order valence-electron chi connectivity index (χ0n) is 10.3. The predicted octanol–water partition coefficient (Wildman–Crippen LogP) is 2.49. The molecular weight excluding hydrogens is 258 g/mol. The minimum absolute atomic E-state index is 0.240. The van der Waals surface area contributed by atoms with Gasteiger partial charge in [-0.15, -0.1) is 4.86 Å². The highest BCUT2D eigenvalue weighted by molar-refractivity contribution is 6.20. The van der Waals surface area contributed by atoms with Crippen molar-refractivity contribution >= 4 is 17.5 Å². The van der Waals surface area contributed by atoms with Gasteiger partial charge in [0.25, 0.3) is 0 Å². The van der Waals surface area contributed by atoms with Crippen LogP contribution in [-0.2, 0) is 0 Å². The summed E-state index contributed by atoms with van der Waals surface area (Å²) < 4.78 is 0. The van der Waals surface area contributed by atoms with E-state index in [9.17, 15) is 14.8 Å². The summed E-state index contributed by atoms with van der Waals surface area (Å²) in [5.41, 5.74) is 0.745. The van der Waals surface area contributed by atoms with Gasteiger partial charge in [0.2, 0.25) is 0 Å². The number of hydrogen-bond acceptors (Lipinski definition) is 4. The number of para-hydroxylation sites is 1. The Kier molecular flexibility index (Phi) is 2.76. The molecule has 6 heteroatoms. The van der Waals surface area contributed by atoms with E-state index in [-0.39, 0.29) is 21.7 Å². The van der Waals surface area contributed by atoms with Gasteiger partial charge < -0.3 is 5.21 Å². The zero-order chi connectivity index (χ0) is 14.1. The molecule has 0 unspecified atom stereocenters. The smallest absolute Gasteiger partial charge is 0.370 e. The normalized spacial score (nSPS) is 14.6. The van der Waals surface area contributed by atoms with Gasteiger partial charge >= 0.3 is 11.8 Å². The van der Waals surface area contributed by atoms with Crippen molar-refractivity contribution in [3.8, 4) is 0 Å². The molecule has 0 saturated heterocycles. The first-order valence-corrected chi connectivity index (χ1v) is 5.90. The van der Waals surface area contributed by atoms with Crippen molar-refractivity contribution in [3.63, 3.8) is 0 Å². The van der Waals surface area contributed by atoms with Crippen LogP contribution in [0.15, 0.2) is 59.8 Å². The molecule has 0 N–H and O–H groups in total. The summed E-state index contributed by atoms with van der Waals surface area (Å²) in [4.78, 5) is 24.3. The fourth-order valence-corrected chi connectivity index (χ4v) is 1.95. The van der Waals surface area contributed by atoms with Gasteiger partial charge in [-0.3, -0.25) is 0 Å². The average molecular weight is 267 g/mol. The third-order valence-electron chi connectivity index (χ3n) is 2.92. The summed E-state index contributed by atoms with van der Waals surface area (Å²) in [6.07, 6.45) is 0. The van der Waals surface area contributed by atoms with Crippen molar-refractivity contribution in [1.82, 2.24) is 5.01 Å². The molecule has 0 spiro atoms. The van der Waals surface area contributed by atoms with Crippen molar-refractivity contribution in [3.05, 3.63) is 70.9 Å². The van der Waals surface area contributed by atoms with Crippen LogP contribution >= 0.6 is 0 Å². The number of fused-ring (bicyclic) bond motifs is 1. The fourth-order valence-electron chi connectivity index (χ4n) is 1.95. The molecule has 1 aliphatic heterocycles. The van der Waals surface area contributed by atoms with Crippen LogP contribution in [0.5, 0.6) is 0 Å². The Hall–Kier alpha value is -3.02. The third-order valence-corrected chi connectivity index (χ3v) is 2.92. The summed E-state index contributed by atoms with van der Waals surface area (Å²) in [5.74, 6) is -1.19. The monoisotopic (exact) mass is 267 g/mol. The molecule has 20 heavy (non-hydrogen) atoms. The second-order valence-electron chi connectivity index (χ2n) is 4.17. The van der Waals surface area contributed by atoms with Crippen LogP contribution in [0.1, 0.15) is 20.7 Å². The Morgan fingerprint density at radius 3 is 1.90 bits per heavy atom. The van der Waals surface area contributed by atoms with Gasteiger partial charge in [0, 0.05) is 0 Å². The van der Waals surface area contributed by atoms with Crippen LogP contribution in [-0.4, -0.2) is 21.7 Å². The standard InChI is InChI=1S/C14H9N3O3/c18-13-11-8-4-5-9-12(11)14(19)16(13)15-17(20)10-6-2-1-3-7-10/h1-9H/b17-15+. The lowest BCUT2D eigenvalue weighted by molar-refractivity contribution is -0.455. The highest BCUT2D eigenvalue weighted by atomic mass is 16.5. The maximum atomic E-state index is 12.0. The van der Waals surface area contributed by atoms with Crippen molar-refractivity contribution in [2.24, 2.45) is 5.22 Å². The first-order chi connectivity index (χ1) is 9.68. The SMILES string of the molecule is O=C1c2ccccc2C(=O)N1/N=[N+](/[O-])c1ccccc1. The highest BCUT2D eigenvalue weighted by Crippen LogP contribution is 2.23. The summed E-state index contributed by atoms with van der Waals surface area (Å²) in [6, 6.07) is 14.5. The Morgan fingerprint density at radius 1 is 0.850 bits per heavy atom. The molecule has 0 aliphatic carbocycles. The number of carbonyl (C=O) groups excluding carboxylic acids is 2. The largest absolute Gasteiger partial charge is 0.691 e. The number of benzene rings is 2. The molecule has 0 bridgehead atoms. The quantitative estimate of drug-likeness (QED) is 0.363. The van der Waals surface area contributed by atoms with Crippen LogP contribution < -0.4 is 0 Å². The predicted molar refractivity (Wildman–Crippen MR) is 69.1 cm³/mol. The van der Waals surface area contributed by atoms with Crippen LogP contribution in [0, 0.1) is 5.21 Å². The lowest BCUT2D eigenvalue weighted by atomic mass is 10.1. The van der Waals surface area contributed by atoms with E-state index in [0.29, 0.717) is 5.01 Å². The lowest BCUT2D eigenvalue weighted by Gasteiger charge is -2.06. The van der Waals surface area contributed by atoms with E-state index in [4.69, 9.17) is 0 Å². The van der Waals surface area contributed by atoms with Crippen molar-refractivity contribution in [2.45, 2.75) is 0 Å². The minimum atomic E-state index is -0.595. The molecule has 0 saturated carbocycles. The van der Waals surface area contributed by atoms with Gasteiger partial charge in [0.1, 0.15) is 5.22 Å². The number of imide groups is 1. The van der Waals surface area contributed by atoms with E-state index in [2.05, 4.69) is 5.22 Å². The molecule has 2 aromatic carbocycles. The van der Waals surface area contributed by atoms with E-state index in [1.807, 2.05) is 0 Å². The van der Waals surface area contributed by atoms with Crippen LogP contribution in [0.3, 0.4) is 0 Å². The molecule has 98 valence electrons. The molecule has 3 rings (SSSR count). The van der Waals surface area contributed by atoms with Crippen molar-refractivity contribution in [1.29, 1.82) is 0 Å². The van der Waals surface area contributed by atoms with E-state index < -0.39 is 11.8 Å². The Labute approximate surface area is 114 Å². The zero-order valence-corrected chi connectivity index (χ0v) is 10.3. The summed E-state index contributed by atoms with van der Waals surface area (Å²) >= 11 is 0. The minimum Gasteiger partial charge on any atom is -0.691 e. The summed E-state index contributed by atoms with van der Waals surface area (Å²) in [5, 5.41) is 16.0. The molecule has 1 aliphatic rings. The van der Waals surface area contributed by atoms with Gasteiger partial charge in [0.05, 0.1) is 11.1 Å². The Balaban J connectivity index is 1.98. The molecule has 2 amide bonds. The van der Waals surface area contributed by atoms with E-state index in [1.165, 1.54) is 24.3 Å². The van der Waals surface area contributed by atoms with Crippen molar-refractivity contribution in [2.75, 3.05) is 0 Å². The van der Waals surface area contributed by atoms with Gasteiger partial charge in [-0.2, -0.15) is 0 Å². The molecule has 0 radical (unpaired) electrons. The second-order valence-corrected chi connectivity index (χ2v) is 4.17. The van der Waals surface area contributed by atoms with Crippen LogP contribution in [0.2, 0.25) is 0 Å². The van der Waals surface area contributed by atoms with Crippen molar-refractivity contribution < 1.29 is 14.4 Å². The molecular formula is C14H9N3O3. The van der Waals surface area contributed by atoms with Crippen LogP contribution in [0.25, 0.3) is 0 Å². The molecule has 0 atom stereocenters. The Bertz CT molecular complexity index is 690. The average Bonchev–Trinajstić information content (AvgIpc) is 2.74. The number of amides is 2. The molecule has 1 heterocycles. The summed E-state index contributed by atoms with van der Waals surface area (Å²) in [7, 11) is 0. The number of nitrogens with zero attached hydrogens (tertiary/aromatic N) is 3. The second kappa shape index (κ2) is 4.58. The lowest BCUT2D eigenvalue weighted by Crippen LogP contribution is -2.25. The fraction of sp³-hybridized carbons (Fsp3) is 0. The van der Waals surface area contributed by atoms with E-state index in [0.717, 1.165) is 0 Å². The summed E-state index contributed by atoms with van der Waals surface area (Å²) in [6.45, 7) is 0. The number of hydrogen-bond donors (Lipinski definition) is 0. The van der Waals surface area contributed by atoms with Gasteiger partial charge in [0.15, 0.2) is 5.69 Å². The highest BCUT2D eigenvalue weighted by Gasteiger charge is 2.43. The third kappa shape index (κ3) is 1.83. The first kappa shape index (κ1) is 12.0. The topological polar surface area (TPSA) is 75.8 Å². The van der Waals surface area contributed by atoms with E-state index >= 15 is 0 Å². The first-order valence-electron chi connectivity index (χ1n) is 5.90. The molecule has 0 aromatic heterocycles. The maximum Gasteiger partial charge on any atom is 0.370 e. The number of rotatable bonds is 2.